The number of anilines is 1. The summed E-state index contributed by atoms with van der Waals surface area (Å²) in [7, 11) is 1.96. The van der Waals surface area contributed by atoms with Crippen molar-refractivity contribution in [2.24, 2.45) is 0 Å². The van der Waals surface area contributed by atoms with Crippen LogP contribution in [0.5, 0.6) is 0 Å². The zero-order chi connectivity index (χ0) is 12.3. The molecule has 2 aromatic rings. The highest BCUT2D eigenvalue weighted by atomic mass is 35.5. The molecule has 0 saturated heterocycles. The molecule has 0 fully saturated rings. The molecule has 86 valence electrons. The van der Waals surface area contributed by atoms with Gasteiger partial charge in [0.05, 0.1) is 18.2 Å². The van der Waals surface area contributed by atoms with Crippen LogP contribution >= 0.6 is 22.9 Å². The standard InChI is InChI=1S/C11H9ClN4S/c1-16(7-10-14-15-11(12)17-10)9-4-2-8(6-13)3-5-9/h2-5H,7H2,1H3. The number of aromatic nitrogens is 2. The minimum absolute atomic E-state index is 0.452. The molecule has 0 aliphatic rings. The molecular formula is C11H9ClN4S. The maximum absolute atomic E-state index is 8.71. The quantitative estimate of drug-likeness (QED) is 0.855. The van der Waals surface area contributed by atoms with E-state index in [9.17, 15) is 0 Å². The lowest BCUT2D eigenvalue weighted by Gasteiger charge is -2.17. The number of hydrogen-bond acceptors (Lipinski definition) is 5. The molecule has 4 nitrogen and oxygen atoms in total. The third-order valence-electron chi connectivity index (χ3n) is 2.25. The summed E-state index contributed by atoms with van der Waals surface area (Å²) in [6, 6.07) is 9.48. The first-order valence-corrected chi connectivity index (χ1v) is 6.07. The van der Waals surface area contributed by atoms with Gasteiger partial charge in [0.15, 0.2) is 0 Å². The van der Waals surface area contributed by atoms with Crippen molar-refractivity contribution in [3.8, 4) is 6.07 Å². The van der Waals surface area contributed by atoms with Gasteiger partial charge in [-0.1, -0.05) is 11.3 Å². The second kappa shape index (κ2) is 5.13. The molecule has 0 radical (unpaired) electrons. The van der Waals surface area contributed by atoms with Crippen molar-refractivity contribution in [3.05, 3.63) is 39.3 Å². The summed E-state index contributed by atoms with van der Waals surface area (Å²) in [6.45, 7) is 0.649. The zero-order valence-electron chi connectivity index (χ0n) is 9.09. The lowest BCUT2D eigenvalue weighted by atomic mass is 10.2. The van der Waals surface area contributed by atoms with Gasteiger partial charge in [-0.05, 0) is 35.9 Å². The third-order valence-corrected chi connectivity index (χ3v) is 3.26. The minimum Gasteiger partial charge on any atom is -0.368 e. The van der Waals surface area contributed by atoms with Crippen LogP contribution in [0.1, 0.15) is 10.6 Å². The number of hydrogen-bond donors (Lipinski definition) is 0. The predicted molar refractivity (Wildman–Crippen MR) is 68.2 cm³/mol. The van der Waals surface area contributed by atoms with Crippen molar-refractivity contribution in [1.29, 1.82) is 5.26 Å². The molecule has 0 N–H and O–H groups in total. The average molecular weight is 265 g/mol. The molecule has 2 rings (SSSR count). The first-order valence-electron chi connectivity index (χ1n) is 4.88. The molecule has 6 heteroatoms. The molecule has 1 aromatic heterocycles. The lowest BCUT2D eigenvalue weighted by Crippen LogP contribution is -2.16. The van der Waals surface area contributed by atoms with Crippen molar-refractivity contribution < 1.29 is 0 Å². The van der Waals surface area contributed by atoms with E-state index in [0.29, 0.717) is 16.6 Å². The van der Waals surface area contributed by atoms with Gasteiger partial charge in [-0.15, -0.1) is 10.2 Å². The molecule has 0 aliphatic carbocycles. The monoisotopic (exact) mass is 264 g/mol. The number of rotatable bonds is 3. The first kappa shape index (κ1) is 11.8. The van der Waals surface area contributed by atoms with E-state index in [1.807, 2.05) is 24.1 Å². The fourth-order valence-corrected chi connectivity index (χ4v) is 2.30. The van der Waals surface area contributed by atoms with Crippen LogP contribution < -0.4 is 4.90 Å². The van der Waals surface area contributed by atoms with Gasteiger partial charge in [-0.2, -0.15) is 5.26 Å². The number of benzene rings is 1. The average Bonchev–Trinajstić information content (AvgIpc) is 2.75. The van der Waals surface area contributed by atoms with Crippen LogP contribution in [0.25, 0.3) is 0 Å². The molecule has 0 saturated carbocycles. The van der Waals surface area contributed by atoms with Gasteiger partial charge in [-0.3, -0.25) is 0 Å². The second-order valence-electron chi connectivity index (χ2n) is 3.46. The van der Waals surface area contributed by atoms with Gasteiger partial charge in [0.1, 0.15) is 5.01 Å². The Balaban J connectivity index is 2.09. The topological polar surface area (TPSA) is 52.8 Å². The summed E-state index contributed by atoms with van der Waals surface area (Å²) < 4.78 is 0.452. The minimum atomic E-state index is 0.452. The summed E-state index contributed by atoms with van der Waals surface area (Å²) in [5.41, 5.74) is 1.68. The van der Waals surface area contributed by atoms with Crippen molar-refractivity contribution in [2.75, 3.05) is 11.9 Å². The van der Waals surface area contributed by atoms with E-state index in [0.717, 1.165) is 10.7 Å². The normalized spacial score (nSPS) is 9.94. The van der Waals surface area contributed by atoms with E-state index in [2.05, 4.69) is 16.3 Å². The van der Waals surface area contributed by atoms with Gasteiger partial charge in [0, 0.05) is 12.7 Å². The van der Waals surface area contributed by atoms with E-state index in [4.69, 9.17) is 16.9 Å². The van der Waals surface area contributed by atoms with Gasteiger partial charge < -0.3 is 4.90 Å². The Labute approximate surface area is 108 Å². The van der Waals surface area contributed by atoms with Crippen LogP contribution in [0.15, 0.2) is 24.3 Å². The zero-order valence-corrected chi connectivity index (χ0v) is 10.7. The Morgan fingerprint density at radius 2 is 2.06 bits per heavy atom. The Morgan fingerprint density at radius 1 is 1.35 bits per heavy atom. The highest BCUT2D eigenvalue weighted by Gasteiger charge is 2.06. The number of nitrogens with zero attached hydrogens (tertiary/aromatic N) is 4. The van der Waals surface area contributed by atoms with Crippen LogP contribution in [-0.2, 0) is 6.54 Å². The molecular weight excluding hydrogens is 256 g/mol. The van der Waals surface area contributed by atoms with Gasteiger partial charge in [-0.25, -0.2) is 0 Å². The van der Waals surface area contributed by atoms with E-state index in [1.165, 1.54) is 11.3 Å². The van der Waals surface area contributed by atoms with Gasteiger partial charge >= 0.3 is 0 Å². The fourth-order valence-electron chi connectivity index (χ4n) is 1.38. The molecule has 1 heterocycles. The molecule has 0 aliphatic heterocycles. The summed E-state index contributed by atoms with van der Waals surface area (Å²) in [5.74, 6) is 0. The molecule has 0 unspecified atom stereocenters. The summed E-state index contributed by atoms with van der Waals surface area (Å²) in [6.07, 6.45) is 0. The number of nitriles is 1. The second-order valence-corrected chi connectivity index (χ2v) is 5.11. The van der Waals surface area contributed by atoms with Gasteiger partial charge in [0.2, 0.25) is 4.47 Å². The van der Waals surface area contributed by atoms with Crippen LogP contribution in [0.2, 0.25) is 4.47 Å². The van der Waals surface area contributed by atoms with Crippen molar-refractivity contribution in [2.45, 2.75) is 6.54 Å². The first-order chi connectivity index (χ1) is 8.19. The van der Waals surface area contributed by atoms with Crippen molar-refractivity contribution >= 4 is 28.6 Å². The molecule has 1 aromatic carbocycles. The largest absolute Gasteiger partial charge is 0.368 e. The van der Waals surface area contributed by atoms with Crippen molar-refractivity contribution in [3.63, 3.8) is 0 Å². The van der Waals surface area contributed by atoms with Crippen LogP contribution in [0, 0.1) is 11.3 Å². The molecule has 0 bridgehead atoms. The maximum Gasteiger partial charge on any atom is 0.207 e. The Hall–Kier alpha value is -1.64. The van der Waals surface area contributed by atoms with E-state index in [-0.39, 0.29) is 0 Å². The van der Waals surface area contributed by atoms with E-state index >= 15 is 0 Å². The smallest absolute Gasteiger partial charge is 0.207 e. The van der Waals surface area contributed by atoms with Gasteiger partial charge in [0.25, 0.3) is 0 Å². The maximum atomic E-state index is 8.71. The van der Waals surface area contributed by atoms with Crippen molar-refractivity contribution in [1.82, 2.24) is 10.2 Å². The molecule has 0 amide bonds. The Morgan fingerprint density at radius 3 is 2.59 bits per heavy atom. The molecule has 0 spiro atoms. The van der Waals surface area contributed by atoms with E-state index < -0.39 is 0 Å². The third kappa shape index (κ3) is 2.93. The summed E-state index contributed by atoms with van der Waals surface area (Å²) in [4.78, 5) is 2.03. The van der Waals surface area contributed by atoms with E-state index in [1.54, 1.807) is 12.1 Å². The van der Waals surface area contributed by atoms with Crippen LogP contribution in [0.3, 0.4) is 0 Å². The highest BCUT2D eigenvalue weighted by Crippen LogP contribution is 2.20. The molecule has 0 atom stereocenters. The Bertz CT molecular complexity index is 543. The number of halogens is 1. The summed E-state index contributed by atoms with van der Waals surface area (Å²) in [5, 5.41) is 17.3. The SMILES string of the molecule is CN(Cc1nnc(Cl)s1)c1ccc(C#N)cc1. The molecule has 17 heavy (non-hydrogen) atoms. The highest BCUT2D eigenvalue weighted by molar-refractivity contribution is 7.15. The fraction of sp³-hybridized carbons (Fsp3) is 0.182. The predicted octanol–water partition coefficient (Wildman–Crippen LogP) is 2.70. The van der Waals surface area contributed by atoms with Crippen LogP contribution in [-0.4, -0.2) is 17.2 Å². The lowest BCUT2D eigenvalue weighted by molar-refractivity contribution is 0.880. The Kier molecular flexibility index (Phi) is 3.57. The summed E-state index contributed by atoms with van der Waals surface area (Å²) >= 11 is 7.09. The van der Waals surface area contributed by atoms with Crippen LogP contribution in [0.4, 0.5) is 5.69 Å².